The first kappa shape index (κ1) is 17.4. The van der Waals surface area contributed by atoms with E-state index in [1.54, 1.807) is 43.5 Å². The predicted molar refractivity (Wildman–Crippen MR) is 102 cm³/mol. The van der Waals surface area contributed by atoms with Crippen LogP contribution in [0.15, 0.2) is 66.7 Å². The van der Waals surface area contributed by atoms with Gasteiger partial charge in [-0.05, 0) is 52.7 Å². The number of methoxy groups -OCH3 is 2. The van der Waals surface area contributed by atoms with Gasteiger partial charge in [0.2, 0.25) is 0 Å². The van der Waals surface area contributed by atoms with Crippen molar-refractivity contribution in [3.8, 4) is 5.75 Å². The van der Waals surface area contributed by atoms with Crippen molar-refractivity contribution in [2.45, 2.75) is 0 Å². The highest BCUT2D eigenvalue weighted by molar-refractivity contribution is 6.08. The first-order valence-corrected chi connectivity index (χ1v) is 8.09. The molecule has 3 rings (SSSR count). The SMILES string of the molecule is COC(=O)c1ccc(/C=C/C(=O)c2ccc3cc(OC)ccc3c2)cc1. The van der Waals surface area contributed by atoms with Crippen LogP contribution in [0, 0.1) is 0 Å². The molecule has 0 bridgehead atoms. The number of allylic oxidation sites excluding steroid dienone is 1. The molecule has 0 saturated carbocycles. The Morgan fingerprint density at radius 3 is 2.15 bits per heavy atom. The van der Waals surface area contributed by atoms with E-state index in [1.165, 1.54) is 13.2 Å². The molecule has 0 fully saturated rings. The lowest BCUT2D eigenvalue weighted by Crippen LogP contribution is -2.00. The number of hydrogen-bond acceptors (Lipinski definition) is 4. The van der Waals surface area contributed by atoms with Crippen LogP contribution in [0.5, 0.6) is 5.75 Å². The van der Waals surface area contributed by atoms with Crippen LogP contribution in [0.25, 0.3) is 16.8 Å². The first-order valence-electron chi connectivity index (χ1n) is 8.09. The van der Waals surface area contributed by atoms with Crippen LogP contribution in [-0.4, -0.2) is 26.0 Å². The minimum absolute atomic E-state index is 0.0836. The summed E-state index contributed by atoms with van der Waals surface area (Å²) >= 11 is 0. The van der Waals surface area contributed by atoms with Gasteiger partial charge in [0.1, 0.15) is 5.75 Å². The largest absolute Gasteiger partial charge is 0.497 e. The molecule has 3 aromatic rings. The molecule has 0 heterocycles. The van der Waals surface area contributed by atoms with Crippen LogP contribution in [0.4, 0.5) is 0 Å². The summed E-state index contributed by atoms with van der Waals surface area (Å²) in [5.41, 5.74) is 1.92. The average Bonchev–Trinajstić information content (AvgIpc) is 2.70. The van der Waals surface area contributed by atoms with Crippen molar-refractivity contribution in [2.75, 3.05) is 14.2 Å². The summed E-state index contributed by atoms with van der Waals surface area (Å²) < 4.78 is 9.87. The second-order valence-corrected chi connectivity index (χ2v) is 5.74. The Bertz CT molecular complexity index is 985. The van der Waals surface area contributed by atoms with E-state index >= 15 is 0 Å². The molecule has 26 heavy (non-hydrogen) atoms. The standard InChI is InChI=1S/C22H18O4/c1-25-20-11-10-17-13-19(9-8-18(17)14-20)21(23)12-5-15-3-6-16(7-4-15)22(24)26-2/h3-14H,1-2H3/b12-5+. The smallest absolute Gasteiger partial charge is 0.337 e. The molecule has 0 atom stereocenters. The van der Waals surface area contributed by atoms with Gasteiger partial charge in [-0.25, -0.2) is 4.79 Å². The number of carbonyl (C=O) groups is 2. The van der Waals surface area contributed by atoms with Gasteiger partial charge >= 0.3 is 5.97 Å². The van der Waals surface area contributed by atoms with Crippen molar-refractivity contribution in [2.24, 2.45) is 0 Å². The highest BCUT2D eigenvalue weighted by Gasteiger charge is 2.05. The number of ether oxygens (including phenoxy) is 2. The zero-order chi connectivity index (χ0) is 18.5. The first-order chi connectivity index (χ1) is 12.6. The molecule has 0 saturated heterocycles. The molecule has 0 aromatic heterocycles. The van der Waals surface area contributed by atoms with Crippen LogP contribution >= 0.6 is 0 Å². The van der Waals surface area contributed by atoms with Crippen molar-refractivity contribution in [3.63, 3.8) is 0 Å². The molecule has 0 aliphatic heterocycles. The summed E-state index contributed by atoms with van der Waals surface area (Å²) in [5, 5.41) is 2.00. The summed E-state index contributed by atoms with van der Waals surface area (Å²) in [6.45, 7) is 0. The molecule has 0 spiro atoms. The molecular weight excluding hydrogens is 328 g/mol. The Morgan fingerprint density at radius 2 is 1.46 bits per heavy atom. The van der Waals surface area contributed by atoms with E-state index in [4.69, 9.17) is 4.74 Å². The second-order valence-electron chi connectivity index (χ2n) is 5.74. The number of carbonyl (C=O) groups excluding carboxylic acids is 2. The lowest BCUT2D eigenvalue weighted by molar-refractivity contribution is 0.0600. The molecule has 0 aliphatic carbocycles. The maximum atomic E-state index is 12.4. The Morgan fingerprint density at radius 1 is 0.808 bits per heavy atom. The molecule has 0 N–H and O–H groups in total. The van der Waals surface area contributed by atoms with E-state index in [9.17, 15) is 9.59 Å². The van der Waals surface area contributed by atoms with Crippen molar-refractivity contribution in [1.29, 1.82) is 0 Å². The fourth-order valence-electron chi connectivity index (χ4n) is 2.62. The van der Waals surface area contributed by atoms with Crippen LogP contribution in [-0.2, 0) is 4.74 Å². The third kappa shape index (κ3) is 3.81. The van der Waals surface area contributed by atoms with Crippen LogP contribution in [0.2, 0.25) is 0 Å². The number of fused-ring (bicyclic) bond motifs is 1. The van der Waals surface area contributed by atoms with Gasteiger partial charge < -0.3 is 9.47 Å². The normalized spacial score (nSPS) is 10.8. The Labute approximate surface area is 151 Å². The van der Waals surface area contributed by atoms with Gasteiger partial charge in [-0.3, -0.25) is 4.79 Å². The molecule has 0 radical (unpaired) electrons. The van der Waals surface area contributed by atoms with Crippen LogP contribution in [0.1, 0.15) is 26.3 Å². The fourth-order valence-corrected chi connectivity index (χ4v) is 2.62. The molecule has 4 heteroatoms. The summed E-state index contributed by atoms with van der Waals surface area (Å²) in [4.78, 5) is 23.8. The third-order valence-corrected chi connectivity index (χ3v) is 4.09. The van der Waals surface area contributed by atoms with Gasteiger partial charge in [0.05, 0.1) is 19.8 Å². The predicted octanol–water partition coefficient (Wildman–Crippen LogP) is 4.53. The van der Waals surface area contributed by atoms with Gasteiger partial charge in [-0.2, -0.15) is 0 Å². The summed E-state index contributed by atoms with van der Waals surface area (Å²) in [6.07, 6.45) is 3.25. The van der Waals surface area contributed by atoms with E-state index in [1.807, 2.05) is 30.3 Å². The maximum absolute atomic E-state index is 12.4. The lowest BCUT2D eigenvalue weighted by Gasteiger charge is -2.04. The third-order valence-electron chi connectivity index (χ3n) is 4.09. The average molecular weight is 346 g/mol. The summed E-state index contributed by atoms with van der Waals surface area (Å²) in [5.74, 6) is 0.316. The van der Waals surface area contributed by atoms with Gasteiger partial charge in [0.15, 0.2) is 5.78 Å². The molecule has 0 amide bonds. The number of benzene rings is 3. The zero-order valence-electron chi connectivity index (χ0n) is 14.6. The van der Waals surface area contributed by atoms with Crippen LogP contribution < -0.4 is 4.74 Å². The quantitative estimate of drug-likeness (QED) is 0.387. The molecule has 130 valence electrons. The topological polar surface area (TPSA) is 52.6 Å². The summed E-state index contributed by atoms with van der Waals surface area (Å²) in [7, 11) is 2.97. The van der Waals surface area contributed by atoms with Crippen LogP contribution in [0.3, 0.4) is 0 Å². The Balaban J connectivity index is 1.77. The lowest BCUT2D eigenvalue weighted by atomic mass is 10.0. The molecular formula is C22H18O4. The van der Waals surface area contributed by atoms with E-state index in [2.05, 4.69) is 4.74 Å². The monoisotopic (exact) mass is 346 g/mol. The Kier molecular flexibility index (Phi) is 5.13. The minimum Gasteiger partial charge on any atom is -0.497 e. The minimum atomic E-state index is -0.385. The second kappa shape index (κ2) is 7.66. The number of ketones is 1. The van der Waals surface area contributed by atoms with Gasteiger partial charge in [-0.1, -0.05) is 36.4 Å². The molecule has 4 nitrogen and oxygen atoms in total. The Hall–Kier alpha value is -3.40. The van der Waals surface area contributed by atoms with Crippen molar-refractivity contribution in [1.82, 2.24) is 0 Å². The zero-order valence-corrected chi connectivity index (χ0v) is 14.6. The van der Waals surface area contributed by atoms with E-state index in [-0.39, 0.29) is 11.8 Å². The van der Waals surface area contributed by atoms with E-state index < -0.39 is 0 Å². The van der Waals surface area contributed by atoms with Crippen molar-refractivity contribution >= 4 is 28.6 Å². The maximum Gasteiger partial charge on any atom is 0.337 e. The molecule has 0 unspecified atom stereocenters. The molecule has 0 aliphatic rings. The number of hydrogen-bond donors (Lipinski definition) is 0. The number of esters is 1. The summed E-state index contributed by atoms with van der Waals surface area (Å²) in [6, 6.07) is 18.2. The van der Waals surface area contributed by atoms with E-state index in [0.29, 0.717) is 11.1 Å². The van der Waals surface area contributed by atoms with Crippen molar-refractivity contribution < 1.29 is 19.1 Å². The van der Waals surface area contributed by atoms with Gasteiger partial charge in [-0.15, -0.1) is 0 Å². The fraction of sp³-hybridized carbons (Fsp3) is 0.0909. The van der Waals surface area contributed by atoms with Gasteiger partial charge in [0.25, 0.3) is 0 Å². The highest BCUT2D eigenvalue weighted by atomic mass is 16.5. The van der Waals surface area contributed by atoms with Gasteiger partial charge in [0, 0.05) is 5.56 Å². The number of rotatable bonds is 5. The van der Waals surface area contributed by atoms with Crippen molar-refractivity contribution in [3.05, 3.63) is 83.4 Å². The highest BCUT2D eigenvalue weighted by Crippen LogP contribution is 2.22. The van der Waals surface area contributed by atoms with E-state index in [0.717, 1.165) is 22.1 Å². The molecule has 3 aromatic carbocycles.